The molecular formula is C24H30N2O6S. The summed E-state index contributed by atoms with van der Waals surface area (Å²) in [5.41, 5.74) is 2.90. The third-order valence-electron chi connectivity index (χ3n) is 5.23. The second-order valence-corrected chi connectivity index (χ2v) is 9.19. The standard InChI is InChI=1S/C24H30N2O6S/c1-5-30-16-20-10-6-7-11-21(20)22-12-8-9-13-23(22)33(27,28)26(17-31-15-14-29-4)24-18(2)19(3)32-25-24/h6-13H,5,14-17H2,1-4H3. The largest absolute Gasteiger partial charge is 0.382 e. The van der Waals surface area contributed by atoms with Gasteiger partial charge < -0.3 is 18.7 Å². The third kappa shape index (κ3) is 5.62. The minimum Gasteiger partial charge on any atom is -0.382 e. The van der Waals surface area contributed by atoms with Crippen LogP contribution >= 0.6 is 0 Å². The number of benzene rings is 2. The molecule has 0 atom stereocenters. The van der Waals surface area contributed by atoms with Crippen molar-refractivity contribution < 1.29 is 27.2 Å². The van der Waals surface area contributed by atoms with Gasteiger partial charge in [-0.3, -0.25) is 0 Å². The van der Waals surface area contributed by atoms with E-state index in [1.807, 2.05) is 37.3 Å². The summed E-state index contributed by atoms with van der Waals surface area (Å²) in [7, 11) is -2.51. The molecule has 0 N–H and O–H groups in total. The lowest BCUT2D eigenvalue weighted by Gasteiger charge is -2.24. The summed E-state index contributed by atoms with van der Waals surface area (Å²) in [4.78, 5) is 0.143. The van der Waals surface area contributed by atoms with E-state index in [-0.39, 0.29) is 24.1 Å². The minimum absolute atomic E-state index is 0.143. The summed E-state index contributed by atoms with van der Waals surface area (Å²) in [5.74, 6) is 0.736. The van der Waals surface area contributed by atoms with Gasteiger partial charge in [0.25, 0.3) is 10.0 Å². The lowest BCUT2D eigenvalue weighted by molar-refractivity contribution is 0.0753. The van der Waals surface area contributed by atoms with Gasteiger partial charge in [0.05, 0.1) is 24.7 Å². The molecule has 0 bridgehead atoms. The van der Waals surface area contributed by atoms with Gasteiger partial charge in [-0.25, -0.2) is 12.7 Å². The summed E-state index contributed by atoms with van der Waals surface area (Å²) in [6.07, 6.45) is 0. The van der Waals surface area contributed by atoms with Crippen molar-refractivity contribution in [3.05, 3.63) is 65.4 Å². The zero-order valence-corrected chi connectivity index (χ0v) is 20.2. The van der Waals surface area contributed by atoms with Gasteiger partial charge in [0.1, 0.15) is 12.5 Å². The van der Waals surface area contributed by atoms with Crippen LogP contribution in [0.25, 0.3) is 11.1 Å². The number of anilines is 1. The molecule has 0 aliphatic heterocycles. The Balaban J connectivity index is 2.09. The lowest BCUT2D eigenvalue weighted by atomic mass is 10.0. The Morgan fingerprint density at radius 1 is 0.970 bits per heavy atom. The first-order valence-electron chi connectivity index (χ1n) is 10.7. The van der Waals surface area contributed by atoms with Crippen LogP contribution in [0.15, 0.2) is 57.9 Å². The monoisotopic (exact) mass is 474 g/mol. The van der Waals surface area contributed by atoms with E-state index in [2.05, 4.69) is 5.16 Å². The lowest BCUT2D eigenvalue weighted by Crippen LogP contribution is -2.35. The van der Waals surface area contributed by atoms with Crippen molar-refractivity contribution in [1.29, 1.82) is 0 Å². The molecule has 3 aromatic rings. The Kier molecular flexibility index (Phi) is 8.62. The first-order valence-corrected chi connectivity index (χ1v) is 12.1. The van der Waals surface area contributed by atoms with Crippen molar-refractivity contribution in [2.45, 2.75) is 32.3 Å². The molecule has 3 rings (SSSR count). The van der Waals surface area contributed by atoms with Crippen LogP contribution in [-0.4, -0.2) is 47.2 Å². The molecule has 0 saturated heterocycles. The van der Waals surface area contributed by atoms with Crippen LogP contribution in [0.2, 0.25) is 0 Å². The summed E-state index contributed by atoms with van der Waals surface area (Å²) in [5, 5.41) is 4.01. The van der Waals surface area contributed by atoms with Crippen LogP contribution in [0.3, 0.4) is 0 Å². The van der Waals surface area contributed by atoms with E-state index in [1.165, 1.54) is 0 Å². The van der Waals surface area contributed by atoms with E-state index in [0.717, 1.165) is 15.4 Å². The molecule has 0 aliphatic carbocycles. The Morgan fingerprint density at radius 3 is 2.33 bits per heavy atom. The van der Waals surface area contributed by atoms with Crippen molar-refractivity contribution in [2.75, 3.05) is 38.0 Å². The molecule has 0 aliphatic rings. The fourth-order valence-corrected chi connectivity index (χ4v) is 4.88. The smallest absolute Gasteiger partial charge is 0.268 e. The normalized spacial score (nSPS) is 11.6. The Labute approximate surface area is 195 Å². The van der Waals surface area contributed by atoms with Crippen molar-refractivity contribution in [2.24, 2.45) is 0 Å². The van der Waals surface area contributed by atoms with Crippen LogP contribution in [0, 0.1) is 13.8 Å². The Hall–Kier alpha value is -2.72. The molecule has 1 heterocycles. The van der Waals surface area contributed by atoms with Crippen molar-refractivity contribution in [3.8, 4) is 11.1 Å². The zero-order chi connectivity index (χ0) is 23.8. The predicted molar refractivity (Wildman–Crippen MR) is 126 cm³/mol. The number of ether oxygens (including phenoxy) is 3. The molecule has 8 nitrogen and oxygen atoms in total. The molecule has 33 heavy (non-hydrogen) atoms. The van der Waals surface area contributed by atoms with Crippen LogP contribution in [-0.2, 0) is 30.8 Å². The molecule has 178 valence electrons. The average molecular weight is 475 g/mol. The Morgan fingerprint density at radius 2 is 1.67 bits per heavy atom. The second kappa shape index (κ2) is 11.4. The first kappa shape index (κ1) is 24.9. The maximum Gasteiger partial charge on any atom is 0.268 e. The fraction of sp³-hybridized carbons (Fsp3) is 0.375. The highest BCUT2D eigenvalue weighted by molar-refractivity contribution is 7.93. The molecule has 1 aromatic heterocycles. The zero-order valence-electron chi connectivity index (χ0n) is 19.4. The number of rotatable bonds is 12. The van der Waals surface area contributed by atoms with Gasteiger partial charge >= 0.3 is 0 Å². The molecule has 0 saturated carbocycles. The molecule has 0 spiro atoms. The summed E-state index contributed by atoms with van der Waals surface area (Å²) in [6.45, 7) is 6.71. The SMILES string of the molecule is CCOCc1ccccc1-c1ccccc1S(=O)(=O)N(COCCOC)c1noc(C)c1C. The number of aryl methyl sites for hydroxylation is 1. The van der Waals surface area contributed by atoms with Crippen LogP contribution in [0.5, 0.6) is 0 Å². The second-order valence-electron chi connectivity index (χ2n) is 7.36. The third-order valence-corrected chi connectivity index (χ3v) is 7.00. The molecular weight excluding hydrogens is 444 g/mol. The minimum atomic E-state index is -4.06. The Bertz CT molecular complexity index is 1160. The number of sulfonamides is 1. The van der Waals surface area contributed by atoms with Crippen molar-refractivity contribution in [3.63, 3.8) is 0 Å². The van der Waals surface area contributed by atoms with Gasteiger partial charge in [-0.2, -0.15) is 0 Å². The predicted octanol–water partition coefficient (Wildman–Crippen LogP) is 4.31. The quantitative estimate of drug-likeness (QED) is 0.285. The number of methoxy groups -OCH3 is 1. The highest BCUT2D eigenvalue weighted by Crippen LogP contribution is 2.34. The van der Waals surface area contributed by atoms with E-state index < -0.39 is 10.0 Å². The molecule has 0 fully saturated rings. The van der Waals surface area contributed by atoms with E-state index >= 15 is 0 Å². The maximum absolute atomic E-state index is 14.0. The van der Waals surface area contributed by atoms with Crippen LogP contribution < -0.4 is 4.31 Å². The summed E-state index contributed by atoms with van der Waals surface area (Å²) >= 11 is 0. The molecule has 0 radical (unpaired) electrons. The molecule has 0 amide bonds. The van der Waals surface area contributed by atoms with Crippen molar-refractivity contribution in [1.82, 2.24) is 5.16 Å². The van der Waals surface area contributed by atoms with Gasteiger partial charge in [-0.15, -0.1) is 0 Å². The highest BCUT2D eigenvalue weighted by Gasteiger charge is 2.32. The van der Waals surface area contributed by atoms with Gasteiger partial charge in [0.2, 0.25) is 0 Å². The average Bonchev–Trinajstić information content (AvgIpc) is 3.15. The molecule has 9 heteroatoms. The number of hydrogen-bond donors (Lipinski definition) is 0. The van der Waals surface area contributed by atoms with E-state index in [9.17, 15) is 8.42 Å². The molecule has 2 aromatic carbocycles. The summed E-state index contributed by atoms with van der Waals surface area (Å²) < 4.78 is 50.6. The van der Waals surface area contributed by atoms with Crippen molar-refractivity contribution >= 4 is 15.8 Å². The van der Waals surface area contributed by atoms with E-state index in [1.54, 1.807) is 39.2 Å². The number of nitrogens with zero attached hydrogens (tertiary/aromatic N) is 2. The highest BCUT2D eigenvalue weighted by atomic mass is 32.2. The molecule has 0 unspecified atom stereocenters. The van der Waals surface area contributed by atoms with Crippen LogP contribution in [0.4, 0.5) is 5.82 Å². The van der Waals surface area contributed by atoms with Crippen LogP contribution in [0.1, 0.15) is 23.8 Å². The fourth-order valence-electron chi connectivity index (χ4n) is 3.33. The van der Waals surface area contributed by atoms with Gasteiger partial charge in [-0.05, 0) is 38.0 Å². The summed E-state index contributed by atoms with van der Waals surface area (Å²) in [6, 6.07) is 14.5. The topological polar surface area (TPSA) is 91.1 Å². The van der Waals surface area contributed by atoms with Gasteiger partial charge in [0.15, 0.2) is 5.82 Å². The van der Waals surface area contributed by atoms with E-state index in [4.69, 9.17) is 18.7 Å². The van der Waals surface area contributed by atoms with Gasteiger partial charge in [0, 0.05) is 24.8 Å². The maximum atomic E-state index is 14.0. The van der Waals surface area contributed by atoms with Gasteiger partial charge in [-0.1, -0.05) is 47.6 Å². The number of hydrogen-bond acceptors (Lipinski definition) is 7. The number of aromatic nitrogens is 1. The first-order chi connectivity index (χ1) is 15.9. The van der Waals surface area contributed by atoms with E-state index in [0.29, 0.717) is 36.7 Å².